The Morgan fingerprint density at radius 3 is 2.68 bits per heavy atom. The van der Waals surface area contributed by atoms with E-state index in [4.69, 9.17) is 4.42 Å². The molecule has 2 aliphatic rings. The van der Waals surface area contributed by atoms with Crippen molar-refractivity contribution in [2.75, 3.05) is 5.32 Å². The van der Waals surface area contributed by atoms with Crippen LogP contribution in [0.4, 0.5) is 10.1 Å². The zero-order chi connectivity index (χ0) is 24.0. The smallest absolute Gasteiger partial charge is 0.274 e. The molecule has 8 nitrogen and oxygen atoms in total. The van der Waals surface area contributed by atoms with Gasteiger partial charge in [0.15, 0.2) is 0 Å². The fourth-order valence-electron chi connectivity index (χ4n) is 5.17. The predicted octanol–water partition coefficient (Wildman–Crippen LogP) is 3.81. The molecule has 1 atom stereocenters. The number of hydrogen-bond acceptors (Lipinski definition) is 4. The van der Waals surface area contributed by atoms with Crippen molar-refractivity contribution in [3.8, 4) is 0 Å². The summed E-state index contributed by atoms with van der Waals surface area (Å²) in [4.78, 5) is 41.1. The van der Waals surface area contributed by atoms with Crippen LogP contribution < -0.4 is 10.6 Å². The van der Waals surface area contributed by atoms with Crippen molar-refractivity contribution in [2.45, 2.75) is 64.2 Å². The Kier molecular flexibility index (Phi) is 5.42. The molecule has 2 aromatic heterocycles. The van der Waals surface area contributed by atoms with E-state index in [-0.39, 0.29) is 42.3 Å². The lowest BCUT2D eigenvalue weighted by atomic mass is 9.93. The van der Waals surface area contributed by atoms with E-state index in [2.05, 4.69) is 10.6 Å². The molecule has 0 saturated heterocycles. The first kappa shape index (κ1) is 22.2. The van der Waals surface area contributed by atoms with Gasteiger partial charge in [0.2, 0.25) is 11.8 Å². The molecule has 2 N–H and O–H groups in total. The van der Waals surface area contributed by atoms with Crippen molar-refractivity contribution < 1.29 is 23.2 Å². The van der Waals surface area contributed by atoms with Gasteiger partial charge in [0.1, 0.15) is 22.8 Å². The molecule has 3 heterocycles. The number of benzene rings is 1. The number of anilines is 1. The SMILES string of the molecule is CC(=O)Nc1c2n(c3ccc(F)cc13)C[C@@](C)(C(=O)NC1CCCC1)N(Cc1ccco1)C2=O. The van der Waals surface area contributed by atoms with Crippen LogP contribution in [0.15, 0.2) is 41.0 Å². The minimum Gasteiger partial charge on any atom is -0.467 e. The molecular formula is C25H27FN4O4. The molecule has 9 heteroatoms. The summed E-state index contributed by atoms with van der Waals surface area (Å²) in [6, 6.07) is 7.73. The third-order valence-electron chi connectivity index (χ3n) is 6.91. The first-order chi connectivity index (χ1) is 16.3. The average molecular weight is 467 g/mol. The highest BCUT2D eigenvalue weighted by molar-refractivity contribution is 6.14. The summed E-state index contributed by atoms with van der Waals surface area (Å²) in [5.41, 5.74) is -0.193. The molecule has 1 fully saturated rings. The quantitative estimate of drug-likeness (QED) is 0.598. The van der Waals surface area contributed by atoms with Gasteiger partial charge >= 0.3 is 0 Å². The zero-order valence-electron chi connectivity index (χ0n) is 19.2. The molecule has 34 heavy (non-hydrogen) atoms. The van der Waals surface area contributed by atoms with Gasteiger partial charge in [-0.25, -0.2) is 4.39 Å². The number of carbonyl (C=O) groups is 3. The highest BCUT2D eigenvalue weighted by atomic mass is 19.1. The Morgan fingerprint density at radius 2 is 2.00 bits per heavy atom. The van der Waals surface area contributed by atoms with Gasteiger partial charge in [-0.05, 0) is 50.1 Å². The van der Waals surface area contributed by atoms with Crippen molar-refractivity contribution in [1.82, 2.24) is 14.8 Å². The molecule has 178 valence electrons. The van der Waals surface area contributed by atoms with Gasteiger partial charge in [0, 0.05) is 18.4 Å². The zero-order valence-corrected chi connectivity index (χ0v) is 19.2. The van der Waals surface area contributed by atoms with Gasteiger partial charge in [-0.15, -0.1) is 0 Å². The molecule has 0 spiro atoms. The van der Waals surface area contributed by atoms with Gasteiger partial charge in [-0.1, -0.05) is 12.8 Å². The Balaban J connectivity index is 1.65. The minimum atomic E-state index is -1.23. The maximum atomic E-state index is 14.2. The molecule has 1 aliphatic heterocycles. The number of nitrogens with one attached hydrogen (secondary N) is 2. The van der Waals surface area contributed by atoms with Crippen molar-refractivity contribution in [3.63, 3.8) is 0 Å². The van der Waals surface area contributed by atoms with Crippen LogP contribution in [0.2, 0.25) is 0 Å². The number of aromatic nitrogens is 1. The Morgan fingerprint density at radius 1 is 1.24 bits per heavy atom. The van der Waals surface area contributed by atoms with Crippen molar-refractivity contribution in [2.24, 2.45) is 0 Å². The number of furan rings is 1. The number of rotatable bonds is 5. The van der Waals surface area contributed by atoms with Crippen LogP contribution in [0.5, 0.6) is 0 Å². The molecule has 1 aromatic carbocycles. The summed E-state index contributed by atoms with van der Waals surface area (Å²) in [5.74, 6) is -1.01. The van der Waals surface area contributed by atoms with Crippen LogP contribution in [0.25, 0.3) is 10.9 Å². The number of hydrogen-bond donors (Lipinski definition) is 2. The maximum absolute atomic E-state index is 14.2. The maximum Gasteiger partial charge on any atom is 0.274 e. The highest BCUT2D eigenvalue weighted by Gasteiger charge is 2.49. The Labute approximate surface area is 196 Å². The largest absolute Gasteiger partial charge is 0.467 e. The van der Waals surface area contributed by atoms with Crippen LogP contribution in [-0.4, -0.2) is 38.8 Å². The molecule has 0 unspecified atom stereocenters. The minimum absolute atomic E-state index is 0.0792. The fourth-order valence-corrected chi connectivity index (χ4v) is 5.17. The van der Waals surface area contributed by atoms with Crippen molar-refractivity contribution in [1.29, 1.82) is 0 Å². The second kappa shape index (κ2) is 8.30. The molecule has 5 rings (SSSR count). The molecule has 3 amide bonds. The lowest BCUT2D eigenvalue weighted by Crippen LogP contribution is -2.64. The summed E-state index contributed by atoms with van der Waals surface area (Å²) in [7, 11) is 0. The lowest BCUT2D eigenvalue weighted by Gasteiger charge is -2.44. The van der Waals surface area contributed by atoms with Crippen LogP contribution in [-0.2, 0) is 22.7 Å². The Hall–Kier alpha value is -3.62. The van der Waals surface area contributed by atoms with E-state index < -0.39 is 17.3 Å². The van der Waals surface area contributed by atoms with Crippen molar-refractivity contribution >= 4 is 34.3 Å². The molecular weight excluding hydrogens is 439 g/mol. The summed E-state index contributed by atoms with van der Waals surface area (Å²) in [5, 5.41) is 6.26. The van der Waals surface area contributed by atoms with E-state index >= 15 is 0 Å². The van der Waals surface area contributed by atoms with Gasteiger partial charge in [0.25, 0.3) is 5.91 Å². The molecule has 3 aromatic rings. The first-order valence-corrected chi connectivity index (χ1v) is 11.5. The molecule has 1 aliphatic carbocycles. The number of carbonyl (C=O) groups excluding carboxylic acids is 3. The topological polar surface area (TPSA) is 96.6 Å². The summed E-state index contributed by atoms with van der Waals surface area (Å²) >= 11 is 0. The van der Waals surface area contributed by atoms with Crippen LogP contribution in [0.3, 0.4) is 0 Å². The second-order valence-corrected chi connectivity index (χ2v) is 9.35. The third-order valence-corrected chi connectivity index (χ3v) is 6.91. The van der Waals surface area contributed by atoms with E-state index in [9.17, 15) is 18.8 Å². The third kappa shape index (κ3) is 3.65. The van der Waals surface area contributed by atoms with Crippen LogP contribution >= 0.6 is 0 Å². The number of nitrogens with zero attached hydrogens (tertiary/aromatic N) is 2. The van der Waals surface area contributed by atoms with E-state index in [1.807, 2.05) is 0 Å². The Bertz CT molecular complexity index is 1280. The van der Waals surface area contributed by atoms with E-state index in [0.29, 0.717) is 16.7 Å². The summed E-state index contributed by atoms with van der Waals surface area (Å²) in [6.45, 7) is 3.31. The fraction of sp³-hybridized carbons (Fsp3) is 0.400. The van der Waals surface area contributed by atoms with Gasteiger partial charge in [-0.3, -0.25) is 14.4 Å². The normalized spacial score (nSPS) is 20.6. The first-order valence-electron chi connectivity index (χ1n) is 11.5. The van der Waals surface area contributed by atoms with Gasteiger partial charge in [-0.2, -0.15) is 0 Å². The molecule has 0 radical (unpaired) electrons. The molecule has 0 bridgehead atoms. The number of halogens is 1. The standard InChI is InChI=1S/C25H27FN4O4/c1-15(31)27-21-19-12-16(26)9-10-20(19)29-14-25(2,24(33)28-17-6-3-4-7-17)30(23(32)22(21)29)13-18-8-5-11-34-18/h5,8-12,17H,3-4,6-7,13-14H2,1-2H3,(H,27,31)(H,28,33)/t25-/m0/s1. The average Bonchev–Trinajstić information content (AvgIpc) is 3.53. The number of amides is 3. The second-order valence-electron chi connectivity index (χ2n) is 9.35. The van der Waals surface area contributed by atoms with Crippen LogP contribution in [0, 0.1) is 5.82 Å². The predicted molar refractivity (Wildman–Crippen MR) is 124 cm³/mol. The summed E-state index contributed by atoms with van der Waals surface area (Å²) < 4.78 is 21.4. The van der Waals surface area contributed by atoms with E-state index in [1.54, 1.807) is 29.7 Å². The van der Waals surface area contributed by atoms with Gasteiger partial charge in [0.05, 0.1) is 30.6 Å². The monoisotopic (exact) mass is 466 g/mol. The van der Waals surface area contributed by atoms with E-state index in [0.717, 1.165) is 25.7 Å². The highest BCUT2D eigenvalue weighted by Crippen LogP contribution is 2.40. The number of fused-ring (bicyclic) bond motifs is 3. The van der Waals surface area contributed by atoms with Crippen LogP contribution in [0.1, 0.15) is 55.8 Å². The van der Waals surface area contributed by atoms with E-state index in [1.165, 1.54) is 30.2 Å². The van der Waals surface area contributed by atoms with Crippen molar-refractivity contribution in [3.05, 3.63) is 53.9 Å². The van der Waals surface area contributed by atoms with Gasteiger partial charge < -0.3 is 24.5 Å². The summed E-state index contributed by atoms with van der Waals surface area (Å²) in [6.07, 6.45) is 5.47. The molecule has 1 saturated carbocycles. The lowest BCUT2D eigenvalue weighted by molar-refractivity contribution is -0.134.